The van der Waals surface area contributed by atoms with E-state index in [1.165, 1.54) is 28.7 Å². The van der Waals surface area contributed by atoms with Gasteiger partial charge in [0, 0.05) is 19.6 Å². The number of hydrogen-bond donors (Lipinski definition) is 2. The number of carbonyl (C=O) groups excluding carboxylic acids is 1. The number of carbonyl (C=O) groups is 1. The average Bonchev–Trinajstić information content (AvgIpc) is 3.21. The van der Waals surface area contributed by atoms with Crippen LogP contribution in [0.1, 0.15) is 12.0 Å². The van der Waals surface area contributed by atoms with E-state index in [4.69, 9.17) is 5.73 Å². The lowest BCUT2D eigenvalue weighted by molar-refractivity contribution is -0.118. The van der Waals surface area contributed by atoms with Crippen LogP contribution in [0.25, 0.3) is 0 Å². The third-order valence-electron chi connectivity index (χ3n) is 3.96. The van der Waals surface area contributed by atoms with E-state index in [0.29, 0.717) is 16.8 Å². The lowest BCUT2D eigenvalue weighted by Crippen LogP contribution is -2.32. The molecule has 24 heavy (non-hydrogen) atoms. The van der Waals surface area contributed by atoms with Gasteiger partial charge in [-0.05, 0) is 24.4 Å². The van der Waals surface area contributed by atoms with Crippen molar-refractivity contribution in [2.24, 2.45) is 5.92 Å². The molecule has 6 nitrogen and oxygen atoms in total. The van der Waals surface area contributed by atoms with Crippen LogP contribution in [0.2, 0.25) is 0 Å². The zero-order valence-corrected chi connectivity index (χ0v) is 15.0. The normalized spacial score (nSPS) is 17.9. The van der Waals surface area contributed by atoms with Gasteiger partial charge in [0.2, 0.25) is 11.0 Å². The summed E-state index contributed by atoms with van der Waals surface area (Å²) in [6.07, 6.45) is 1.13. The summed E-state index contributed by atoms with van der Waals surface area (Å²) in [5.74, 6) is 0.921. The lowest BCUT2D eigenvalue weighted by Gasteiger charge is -2.16. The minimum Gasteiger partial charge on any atom is -0.374 e. The van der Waals surface area contributed by atoms with Gasteiger partial charge in [0.1, 0.15) is 0 Å². The number of nitrogen functional groups attached to an aromatic ring is 1. The van der Waals surface area contributed by atoms with Crippen molar-refractivity contribution in [3.63, 3.8) is 0 Å². The molecule has 1 aliphatic rings. The van der Waals surface area contributed by atoms with Gasteiger partial charge in [-0.3, -0.25) is 9.69 Å². The van der Waals surface area contributed by atoms with Gasteiger partial charge in [-0.25, -0.2) is 0 Å². The Labute approximate surface area is 149 Å². The molecule has 1 saturated heterocycles. The molecule has 1 aromatic heterocycles. The molecule has 2 aromatic rings. The van der Waals surface area contributed by atoms with E-state index < -0.39 is 0 Å². The van der Waals surface area contributed by atoms with Crippen LogP contribution in [0, 0.1) is 5.92 Å². The number of rotatable bonds is 7. The van der Waals surface area contributed by atoms with Crippen molar-refractivity contribution >= 4 is 34.1 Å². The van der Waals surface area contributed by atoms with E-state index in [1.54, 1.807) is 0 Å². The SMILES string of the molecule is Nc1nnc(SCC(=O)NC[C@@H]2CCN(Cc3ccccc3)C2)s1. The highest BCUT2D eigenvalue weighted by Gasteiger charge is 2.22. The summed E-state index contributed by atoms with van der Waals surface area (Å²) < 4.78 is 0.734. The van der Waals surface area contributed by atoms with Crippen molar-refractivity contribution in [3.05, 3.63) is 35.9 Å². The molecule has 1 amide bonds. The van der Waals surface area contributed by atoms with E-state index in [0.717, 1.165) is 36.9 Å². The first-order chi connectivity index (χ1) is 11.7. The van der Waals surface area contributed by atoms with Crippen molar-refractivity contribution in [2.75, 3.05) is 31.1 Å². The first-order valence-corrected chi connectivity index (χ1v) is 9.74. The number of anilines is 1. The fraction of sp³-hybridized carbons (Fsp3) is 0.438. The number of nitrogens with one attached hydrogen (secondary N) is 1. The molecule has 3 rings (SSSR count). The molecule has 0 aliphatic carbocycles. The first kappa shape index (κ1) is 17.2. The molecule has 1 aliphatic heterocycles. The van der Waals surface area contributed by atoms with Crippen molar-refractivity contribution in [1.29, 1.82) is 0 Å². The molecule has 128 valence electrons. The summed E-state index contributed by atoms with van der Waals surface area (Å²) >= 11 is 2.68. The van der Waals surface area contributed by atoms with Crippen molar-refractivity contribution in [1.82, 2.24) is 20.4 Å². The molecular weight excluding hydrogens is 342 g/mol. The number of thioether (sulfide) groups is 1. The predicted molar refractivity (Wildman–Crippen MR) is 97.9 cm³/mol. The van der Waals surface area contributed by atoms with Gasteiger partial charge in [-0.2, -0.15) is 0 Å². The van der Waals surface area contributed by atoms with E-state index in [9.17, 15) is 4.79 Å². The number of amides is 1. The maximum Gasteiger partial charge on any atom is 0.230 e. The van der Waals surface area contributed by atoms with Gasteiger partial charge in [0.25, 0.3) is 0 Å². The summed E-state index contributed by atoms with van der Waals surface area (Å²) in [6, 6.07) is 10.5. The van der Waals surface area contributed by atoms with Gasteiger partial charge in [0.05, 0.1) is 5.75 Å². The van der Waals surface area contributed by atoms with Gasteiger partial charge in [-0.1, -0.05) is 53.4 Å². The number of likely N-dealkylation sites (tertiary alicyclic amines) is 1. The molecule has 0 saturated carbocycles. The van der Waals surface area contributed by atoms with Gasteiger partial charge in [0.15, 0.2) is 4.34 Å². The molecule has 2 heterocycles. The van der Waals surface area contributed by atoms with Crippen molar-refractivity contribution in [2.45, 2.75) is 17.3 Å². The molecule has 0 unspecified atom stereocenters. The lowest BCUT2D eigenvalue weighted by atomic mass is 10.1. The van der Waals surface area contributed by atoms with Crippen LogP contribution < -0.4 is 11.1 Å². The number of benzene rings is 1. The summed E-state index contributed by atoms with van der Waals surface area (Å²) in [6.45, 7) is 3.85. The van der Waals surface area contributed by atoms with E-state index in [1.807, 2.05) is 6.07 Å². The number of nitrogens with zero attached hydrogens (tertiary/aromatic N) is 3. The van der Waals surface area contributed by atoms with Gasteiger partial charge < -0.3 is 11.1 Å². The summed E-state index contributed by atoms with van der Waals surface area (Å²) in [7, 11) is 0. The van der Waals surface area contributed by atoms with E-state index in [-0.39, 0.29) is 5.91 Å². The molecule has 0 spiro atoms. The topological polar surface area (TPSA) is 84.1 Å². The number of nitrogens with two attached hydrogens (primary N) is 1. The zero-order chi connectivity index (χ0) is 16.8. The Kier molecular flexibility index (Phi) is 6.06. The fourth-order valence-corrected chi connectivity index (χ4v) is 4.25. The molecule has 3 N–H and O–H groups in total. The number of hydrogen-bond acceptors (Lipinski definition) is 7. The molecule has 8 heteroatoms. The third-order valence-corrected chi connectivity index (χ3v) is 5.84. The van der Waals surface area contributed by atoms with Crippen LogP contribution >= 0.6 is 23.1 Å². The number of aromatic nitrogens is 2. The first-order valence-electron chi connectivity index (χ1n) is 7.94. The highest BCUT2D eigenvalue weighted by molar-refractivity contribution is 8.01. The molecular formula is C16H21N5OS2. The Hall–Kier alpha value is -1.64. The molecule has 1 fully saturated rings. The zero-order valence-electron chi connectivity index (χ0n) is 13.4. The van der Waals surface area contributed by atoms with Crippen LogP contribution in [0.5, 0.6) is 0 Å². The van der Waals surface area contributed by atoms with Gasteiger partial charge in [-0.15, -0.1) is 10.2 Å². The van der Waals surface area contributed by atoms with Gasteiger partial charge >= 0.3 is 0 Å². The Balaban J connectivity index is 1.34. The second-order valence-electron chi connectivity index (χ2n) is 5.87. The Morgan fingerprint density at radius 2 is 2.21 bits per heavy atom. The molecule has 0 radical (unpaired) electrons. The van der Waals surface area contributed by atoms with E-state index >= 15 is 0 Å². The second-order valence-corrected chi connectivity index (χ2v) is 8.11. The highest BCUT2D eigenvalue weighted by Crippen LogP contribution is 2.23. The fourth-order valence-electron chi connectivity index (χ4n) is 2.78. The van der Waals surface area contributed by atoms with Crippen molar-refractivity contribution in [3.8, 4) is 0 Å². The standard InChI is InChI=1S/C16H21N5OS2/c17-15-19-20-16(24-15)23-11-14(22)18-8-13-6-7-21(10-13)9-12-4-2-1-3-5-12/h1-5,13H,6-11H2,(H2,17,19)(H,18,22)/t13-/m0/s1. The summed E-state index contributed by atoms with van der Waals surface area (Å²) in [5.41, 5.74) is 6.86. The highest BCUT2D eigenvalue weighted by atomic mass is 32.2. The smallest absolute Gasteiger partial charge is 0.230 e. The molecule has 1 atom stereocenters. The minimum atomic E-state index is 0.0373. The van der Waals surface area contributed by atoms with Crippen LogP contribution in [0.3, 0.4) is 0 Å². The van der Waals surface area contributed by atoms with Crippen LogP contribution in [0.4, 0.5) is 5.13 Å². The third kappa shape index (κ3) is 5.19. The Morgan fingerprint density at radius 3 is 2.96 bits per heavy atom. The second kappa shape index (κ2) is 8.46. The van der Waals surface area contributed by atoms with E-state index in [2.05, 4.69) is 44.7 Å². The monoisotopic (exact) mass is 363 g/mol. The van der Waals surface area contributed by atoms with Crippen LogP contribution in [-0.4, -0.2) is 46.4 Å². The largest absolute Gasteiger partial charge is 0.374 e. The van der Waals surface area contributed by atoms with Crippen molar-refractivity contribution < 1.29 is 4.79 Å². The summed E-state index contributed by atoms with van der Waals surface area (Å²) in [5, 5.41) is 11.1. The van der Waals surface area contributed by atoms with Crippen LogP contribution in [-0.2, 0) is 11.3 Å². The Morgan fingerprint density at radius 1 is 1.38 bits per heavy atom. The quantitative estimate of drug-likeness (QED) is 0.731. The maximum absolute atomic E-state index is 11.9. The Bertz CT molecular complexity index is 663. The summed E-state index contributed by atoms with van der Waals surface area (Å²) in [4.78, 5) is 14.4. The predicted octanol–water partition coefficient (Wildman–Crippen LogP) is 1.85. The molecule has 1 aromatic carbocycles. The minimum absolute atomic E-state index is 0.0373. The van der Waals surface area contributed by atoms with Crippen LogP contribution in [0.15, 0.2) is 34.7 Å². The molecule has 0 bridgehead atoms. The maximum atomic E-state index is 11.9. The average molecular weight is 364 g/mol.